The number of ketones is 1. The van der Waals surface area contributed by atoms with Crippen LogP contribution in [-0.2, 0) is 4.79 Å². The van der Waals surface area contributed by atoms with E-state index >= 15 is 0 Å². The topological polar surface area (TPSA) is 37.3 Å². The summed E-state index contributed by atoms with van der Waals surface area (Å²) in [5.74, 6) is 1.54. The zero-order valence-electron chi connectivity index (χ0n) is 14.1. The average molecular weight is 300 g/mol. The molecule has 0 bridgehead atoms. The Hall–Kier alpha value is -0.890. The Labute approximate surface area is 133 Å². The van der Waals surface area contributed by atoms with Gasteiger partial charge in [0.2, 0.25) is 0 Å². The van der Waals surface area contributed by atoms with Crippen molar-refractivity contribution in [1.29, 1.82) is 0 Å². The van der Waals surface area contributed by atoms with Gasteiger partial charge in [0.15, 0.2) is 5.78 Å². The van der Waals surface area contributed by atoms with Crippen molar-refractivity contribution in [3.05, 3.63) is 23.3 Å². The maximum absolute atomic E-state index is 11.8. The second kappa shape index (κ2) is 4.35. The Kier molecular flexibility index (Phi) is 2.90. The van der Waals surface area contributed by atoms with Crippen LogP contribution in [0.25, 0.3) is 0 Å². The SMILES string of the molecule is C[C@]12CCC(=O)C=C1CC[C@@H]1C2=CC[C@]2(C)[C@@H]1CC[C@@]2(C)O. The highest BCUT2D eigenvalue weighted by molar-refractivity contribution is 5.92. The smallest absolute Gasteiger partial charge is 0.155 e. The lowest BCUT2D eigenvalue weighted by atomic mass is 9.51. The lowest BCUT2D eigenvalue weighted by Crippen LogP contribution is -2.49. The van der Waals surface area contributed by atoms with E-state index < -0.39 is 5.60 Å². The Morgan fingerprint density at radius 3 is 2.68 bits per heavy atom. The third kappa shape index (κ3) is 1.68. The Bertz CT molecular complexity index is 597. The highest BCUT2D eigenvalue weighted by Gasteiger charge is 2.59. The van der Waals surface area contributed by atoms with E-state index in [1.165, 1.54) is 5.57 Å². The molecular formula is C20H28O2. The molecule has 4 rings (SSSR count). The molecule has 0 saturated heterocycles. The third-order valence-electron chi connectivity index (χ3n) is 7.90. The molecule has 0 unspecified atom stereocenters. The number of carbonyl (C=O) groups excluding carboxylic acids is 1. The van der Waals surface area contributed by atoms with Crippen LogP contribution in [0.1, 0.15) is 65.7 Å². The number of rotatable bonds is 0. The molecule has 0 aromatic rings. The fraction of sp³-hybridized carbons (Fsp3) is 0.750. The van der Waals surface area contributed by atoms with E-state index in [1.54, 1.807) is 5.57 Å². The second-order valence-corrected chi connectivity index (χ2v) is 8.81. The molecule has 0 amide bonds. The van der Waals surface area contributed by atoms with E-state index in [-0.39, 0.29) is 10.8 Å². The Morgan fingerprint density at radius 2 is 1.91 bits per heavy atom. The molecule has 4 aliphatic rings. The van der Waals surface area contributed by atoms with Gasteiger partial charge >= 0.3 is 0 Å². The van der Waals surface area contributed by atoms with Gasteiger partial charge in [0.05, 0.1) is 5.60 Å². The van der Waals surface area contributed by atoms with Crippen LogP contribution in [-0.4, -0.2) is 16.5 Å². The second-order valence-electron chi connectivity index (χ2n) is 8.81. The monoisotopic (exact) mass is 300 g/mol. The van der Waals surface area contributed by atoms with Crippen LogP contribution in [0.4, 0.5) is 0 Å². The van der Waals surface area contributed by atoms with Gasteiger partial charge in [0.1, 0.15) is 0 Å². The average Bonchev–Trinajstić information content (AvgIpc) is 2.70. The zero-order chi connectivity index (χ0) is 15.8. The van der Waals surface area contributed by atoms with Gasteiger partial charge in [-0.2, -0.15) is 0 Å². The van der Waals surface area contributed by atoms with E-state index in [9.17, 15) is 9.90 Å². The van der Waals surface area contributed by atoms with E-state index in [4.69, 9.17) is 0 Å². The maximum atomic E-state index is 11.8. The minimum atomic E-state index is -0.529. The molecule has 22 heavy (non-hydrogen) atoms. The summed E-state index contributed by atoms with van der Waals surface area (Å²) < 4.78 is 0. The normalized spacial score (nSPS) is 50.6. The Morgan fingerprint density at radius 1 is 1.14 bits per heavy atom. The van der Waals surface area contributed by atoms with Crippen molar-refractivity contribution in [2.45, 2.75) is 71.3 Å². The molecule has 5 atom stereocenters. The fourth-order valence-electron chi connectivity index (χ4n) is 6.09. The quantitative estimate of drug-likeness (QED) is 0.681. The summed E-state index contributed by atoms with van der Waals surface area (Å²) in [4.78, 5) is 11.8. The summed E-state index contributed by atoms with van der Waals surface area (Å²) in [6.45, 7) is 6.70. The van der Waals surface area contributed by atoms with Crippen LogP contribution < -0.4 is 0 Å². The minimum absolute atomic E-state index is 0.0310. The van der Waals surface area contributed by atoms with Crippen molar-refractivity contribution in [1.82, 2.24) is 0 Å². The molecule has 1 N–H and O–H groups in total. The van der Waals surface area contributed by atoms with Gasteiger partial charge in [0.25, 0.3) is 0 Å². The fourth-order valence-corrected chi connectivity index (χ4v) is 6.09. The highest BCUT2D eigenvalue weighted by atomic mass is 16.3. The van der Waals surface area contributed by atoms with Crippen molar-refractivity contribution < 1.29 is 9.90 Å². The van der Waals surface area contributed by atoms with Crippen molar-refractivity contribution in [3.8, 4) is 0 Å². The summed E-state index contributed by atoms with van der Waals surface area (Å²) in [7, 11) is 0. The zero-order valence-corrected chi connectivity index (χ0v) is 14.1. The predicted octanol–water partition coefficient (Wildman–Crippen LogP) is 4.19. The minimum Gasteiger partial charge on any atom is -0.390 e. The molecule has 2 fully saturated rings. The largest absolute Gasteiger partial charge is 0.390 e. The van der Waals surface area contributed by atoms with E-state index in [0.29, 0.717) is 24.0 Å². The number of hydrogen-bond acceptors (Lipinski definition) is 2. The van der Waals surface area contributed by atoms with Gasteiger partial charge in [-0.1, -0.05) is 31.1 Å². The van der Waals surface area contributed by atoms with Crippen LogP contribution in [0.5, 0.6) is 0 Å². The lowest BCUT2D eigenvalue weighted by Gasteiger charge is -2.54. The molecule has 120 valence electrons. The predicted molar refractivity (Wildman–Crippen MR) is 87.3 cm³/mol. The van der Waals surface area contributed by atoms with Crippen LogP contribution in [0.2, 0.25) is 0 Å². The molecule has 4 aliphatic carbocycles. The molecule has 0 aliphatic heterocycles. The summed E-state index contributed by atoms with van der Waals surface area (Å²) >= 11 is 0. The van der Waals surface area contributed by atoms with E-state index in [1.807, 2.05) is 13.0 Å². The first kappa shape index (κ1) is 14.7. The summed E-state index contributed by atoms with van der Waals surface area (Å²) in [6, 6.07) is 0. The van der Waals surface area contributed by atoms with Gasteiger partial charge in [0, 0.05) is 17.3 Å². The number of hydrogen-bond donors (Lipinski definition) is 1. The number of carbonyl (C=O) groups is 1. The van der Waals surface area contributed by atoms with Gasteiger partial charge in [-0.05, 0) is 63.4 Å². The van der Waals surface area contributed by atoms with Crippen molar-refractivity contribution in [2.24, 2.45) is 22.7 Å². The number of fused-ring (bicyclic) bond motifs is 5. The Balaban J connectivity index is 1.77. The molecule has 0 heterocycles. The van der Waals surface area contributed by atoms with Gasteiger partial charge in [-0.3, -0.25) is 4.79 Å². The van der Waals surface area contributed by atoms with Crippen LogP contribution in [0.15, 0.2) is 23.3 Å². The van der Waals surface area contributed by atoms with Crippen molar-refractivity contribution >= 4 is 5.78 Å². The number of aliphatic hydroxyl groups is 1. The molecule has 2 nitrogen and oxygen atoms in total. The molecule has 0 spiro atoms. The van der Waals surface area contributed by atoms with Gasteiger partial charge < -0.3 is 5.11 Å². The number of allylic oxidation sites excluding steroid dienone is 4. The highest BCUT2D eigenvalue weighted by Crippen LogP contribution is 2.65. The van der Waals surface area contributed by atoms with Gasteiger partial charge in [-0.15, -0.1) is 0 Å². The van der Waals surface area contributed by atoms with Crippen molar-refractivity contribution in [2.75, 3.05) is 0 Å². The molecule has 0 radical (unpaired) electrons. The van der Waals surface area contributed by atoms with Crippen molar-refractivity contribution in [3.63, 3.8) is 0 Å². The summed E-state index contributed by atoms with van der Waals surface area (Å²) in [6.07, 6.45) is 11.4. The van der Waals surface area contributed by atoms with Gasteiger partial charge in [-0.25, -0.2) is 0 Å². The first-order valence-electron chi connectivity index (χ1n) is 8.95. The van der Waals surface area contributed by atoms with Crippen LogP contribution in [0.3, 0.4) is 0 Å². The third-order valence-corrected chi connectivity index (χ3v) is 7.90. The summed E-state index contributed by atoms with van der Waals surface area (Å²) in [5, 5.41) is 10.9. The van der Waals surface area contributed by atoms with E-state index in [0.717, 1.165) is 38.5 Å². The first-order valence-corrected chi connectivity index (χ1v) is 8.95. The molecular weight excluding hydrogens is 272 g/mol. The van der Waals surface area contributed by atoms with E-state index in [2.05, 4.69) is 19.9 Å². The molecule has 0 aromatic carbocycles. The lowest BCUT2D eigenvalue weighted by molar-refractivity contribution is -0.115. The molecule has 2 heteroatoms. The maximum Gasteiger partial charge on any atom is 0.155 e. The standard InChI is InChI=1S/C20H28O2/c1-18-9-6-14(21)12-13(18)4-5-15-16(18)7-10-19(2)17(15)8-11-20(19,3)22/h7,12,15,17,22H,4-6,8-11H2,1-3H3/t15-,17-,18+,19-,20-/m1/s1. The van der Waals surface area contributed by atoms with Crippen LogP contribution in [0, 0.1) is 22.7 Å². The molecule has 2 saturated carbocycles. The summed E-state index contributed by atoms with van der Waals surface area (Å²) in [5.41, 5.74) is 2.59. The van der Waals surface area contributed by atoms with Crippen LogP contribution >= 0.6 is 0 Å². The molecule has 0 aromatic heterocycles. The first-order chi connectivity index (χ1) is 10.3.